The van der Waals surface area contributed by atoms with Crippen LogP contribution in [0.2, 0.25) is 5.02 Å². The van der Waals surface area contributed by atoms with Gasteiger partial charge in [0.05, 0.1) is 0 Å². The molecule has 0 saturated heterocycles. The van der Waals surface area contributed by atoms with Crippen LogP contribution in [-0.2, 0) is 6.54 Å². The minimum atomic E-state index is 0.320. The summed E-state index contributed by atoms with van der Waals surface area (Å²) in [5.74, 6) is 0. The summed E-state index contributed by atoms with van der Waals surface area (Å²) in [5.41, 5.74) is 7.35. The highest BCUT2D eigenvalue weighted by Crippen LogP contribution is 2.17. The predicted molar refractivity (Wildman–Crippen MR) is 68.5 cm³/mol. The van der Waals surface area contributed by atoms with E-state index >= 15 is 0 Å². The van der Waals surface area contributed by atoms with Gasteiger partial charge in [0, 0.05) is 23.7 Å². The molecule has 1 aliphatic carbocycles. The fourth-order valence-corrected chi connectivity index (χ4v) is 2.39. The molecule has 2 rings (SSSR count). The van der Waals surface area contributed by atoms with Gasteiger partial charge in [-0.2, -0.15) is 0 Å². The summed E-state index contributed by atoms with van der Waals surface area (Å²) >= 11 is 5.84. The molecule has 1 aromatic rings. The molecule has 1 aromatic carbocycles. The monoisotopic (exact) mass is 238 g/mol. The average Bonchev–Trinajstić information content (AvgIpc) is 2.30. The Hall–Kier alpha value is -0.570. The zero-order chi connectivity index (χ0) is 11.4. The number of benzene rings is 1. The number of nitrogens with one attached hydrogen (secondary N) is 1. The smallest absolute Gasteiger partial charge is 0.0406 e. The highest BCUT2D eigenvalue weighted by molar-refractivity contribution is 6.30. The fourth-order valence-electron chi connectivity index (χ4n) is 2.26. The maximum absolute atomic E-state index is 6.08. The molecule has 0 spiro atoms. The molecular formula is C13H19ClN2. The molecule has 0 amide bonds. The average molecular weight is 239 g/mol. The van der Waals surface area contributed by atoms with Crippen molar-refractivity contribution in [2.75, 3.05) is 0 Å². The van der Waals surface area contributed by atoms with Crippen LogP contribution in [0, 0.1) is 0 Å². The highest BCUT2D eigenvalue weighted by atomic mass is 35.5. The first kappa shape index (κ1) is 11.9. The summed E-state index contributed by atoms with van der Waals surface area (Å²) in [6, 6.07) is 8.78. The Morgan fingerprint density at radius 1 is 1.19 bits per heavy atom. The van der Waals surface area contributed by atoms with Crippen LogP contribution in [0.15, 0.2) is 24.3 Å². The topological polar surface area (TPSA) is 38.0 Å². The van der Waals surface area contributed by atoms with Crippen molar-refractivity contribution in [2.45, 2.75) is 44.3 Å². The molecule has 0 unspecified atom stereocenters. The van der Waals surface area contributed by atoms with E-state index in [4.69, 9.17) is 17.3 Å². The Morgan fingerprint density at radius 3 is 2.56 bits per heavy atom. The number of halogens is 1. The van der Waals surface area contributed by atoms with Crippen molar-refractivity contribution in [2.24, 2.45) is 5.73 Å². The van der Waals surface area contributed by atoms with Crippen molar-refractivity contribution in [3.05, 3.63) is 34.9 Å². The van der Waals surface area contributed by atoms with Gasteiger partial charge in [-0.25, -0.2) is 0 Å². The first-order chi connectivity index (χ1) is 7.75. The summed E-state index contributed by atoms with van der Waals surface area (Å²) in [7, 11) is 0. The normalized spacial score (nSPS) is 25.6. The molecule has 0 aliphatic heterocycles. The lowest BCUT2D eigenvalue weighted by atomic mass is 9.91. The first-order valence-electron chi connectivity index (χ1n) is 5.99. The van der Waals surface area contributed by atoms with E-state index in [1.54, 1.807) is 0 Å². The number of rotatable bonds is 3. The van der Waals surface area contributed by atoms with Gasteiger partial charge in [-0.1, -0.05) is 36.6 Å². The van der Waals surface area contributed by atoms with Crippen molar-refractivity contribution in [3.8, 4) is 0 Å². The van der Waals surface area contributed by atoms with Crippen molar-refractivity contribution in [1.29, 1.82) is 0 Å². The van der Waals surface area contributed by atoms with Gasteiger partial charge in [0.15, 0.2) is 0 Å². The van der Waals surface area contributed by atoms with Crippen LogP contribution in [0.3, 0.4) is 0 Å². The summed E-state index contributed by atoms with van der Waals surface area (Å²) in [4.78, 5) is 0. The van der Waals surface area contributed by atoms with Crippen LogP contribution in [0.1, 0.15) is 31.2 Å². The second kappa shape index (κ2) is 5.67. The van der Waals surface area contributed by atoms with Gasteiger partial charge in [0.1, 0.15) is 0 Å². The van der Waals surface area contributed by atoms with Crippen LogP contribution in [-0.4, -0.2) is 12.1 Å². The lowest BCUT2D eigenvalue weighted by Gasteiger charge is -2.29. The molecule has 0 aromatic heterocycles. The van der Waals surface area contributed by atoms with Crippen LogP contribution >= 0.6 is 11.6 Å². The second-order valence-corrected chi connectivity index (χ2v) is 5.00. The largest absolute Gasteiger partial charge is 0.326 e. The number of nitrogens with two attached hydrogens (primary N) is 1. The summed E-state index contributed by atoms with van der Waals surface area (Å²) in [5, 5.41) is 4.33. The zero-order valence-electron chi connectivity index (χ0n) is 9.45. The molecule has 0 bridgehead atoms. The second-order valence-electron chi connectivity index (χ2n) is 4.56. The molecule has 2 nitrogen and oxygen atoms in total. The molecule has 1 aliphatic rings. The molecule has 88 valence electrons. The number of hydrogen-bond acceptors (Lipinski definition) is 2. The molecule has 3 N–H and O–H groups in total. The summed E-state index contributed by atoms with van der Waals surface area (Å²) in [6.45, 7) is 0.884. The Kier molecular flexibility index (Phi) is 4.22. The van der Waals surface area contributed by atoms with Gasteiger partial charge in [-0.3, -0.25) is 0 Å². The minimum absolute atomic E-state index is 0.320. The van der Waals surface area contributed by atoms with Gasteiger partial charge in [-0.05, 0) is 30.5 Å². The molecule has 0 radical (unpaired) electrons. The lowest BCUT2D eigenvalue weighted by molar-refractivity contribution is 0.326. The Labute approximate surface area is 102 Å². The summed E-state index contributed by atoms with van der Waals surface area (Å²) in [6.07, 6.45) is 4.93. The van der Waals surface area contributed by atoms with Crippen LogP contribution in [0.5, 0.6) is 0 Å². The third-order valence-electron chi connectivity index (χ3n) is 3.30. The zero-order valence-corrected chi connectivity index (χ0v) is 10.2. The maximum atomic E-state index is 6.08. The fraction of sp³-hybridized carbons (Fsp3) is 0.538. The minimum Gasteiger partial charge on any atom is -0.326 e. The predicted octanol–water partition coefficient (Wildman–Crippen LogP) is 2.70. The van der Waals surface area contributed by atoms with Crippen molar-refractivity contribution in [1.82, 2.24) is 5.32 Å². The molecule has 3 heteroatoms. The van der Waals surface area contributed by atoms with E-state index in [1.807, 2.05) is 12.1 Å². The van der Waals surface area contributed by atoms with Crippen molar-refractivity contribution in [3.63, 3.8) is 0 Å². The van der Waals surface area contributed by atoms with E-state index < -0.39 is 0 Å². The summed E-state index contributed by atoms with van der Waals surface area (Å²) < 4.78 is 0. The van der Waals surface area contributed by atoms with Gasteiger partial charge in [-0.15, -0.1) is 0 Å². The van der Waals surface area contributed by atoms with Crippen LogP contribution in [0.4, 0.5) is 0 Å². The SMILES string of the molecule is N[C@@H]1CCCC[C@@H]1NCc1ccc(Cl)cc1. The number of hydrogen-bond donors (Lipinski definition) is 2. The molecule has 16 heavy (non-hydrogen) atoms. The van der Waals surface area contributed by atoms with Crippen molar-refractivity contribution >= 4 is 11.6 Å². The van der Waals surface area contributed by atoms with Gasteiger partial charge < -0.3 is 11.1 Å². The third kappa shape index (κ3) is 3.21. The van der Waals surface area contributed by atoms with Gasteiger partial charge in [0.25, 0.3) is 0 Å². The molecular weight excluding hydrogens is 220 g/mol. The Morgan fingerprint density at radius 2 is 1.88 bits per heavy atom. The molecule has 1 fully saturated rings. The van der Waals surface area contributed by atoms with Gasteiger partial charge >= 0.3 is 0 Å². The van der Waals surface area contributed by atoms with E-state index in [0.29, 0.717) is 12.1 Å². The van der Waals surface area contributed by atoms with E-state index in [2.05, 4.69) is 17.4 Å². The van der Waals surface area contributed by atoms with E-state index in [-0.39, 0.29) is 0 Å². The Bertz CT molecular complexity index is 323. The van der Waals surface area contributed by atoms with Crippen molar-refractivity contribution < 1.29 is 0 Å². The molecule has 0 heterocycles. The lowest BCUT2D eigenvalue weighted by Crippen LogP contribution is -2.46. The van der Waals surface area contributed by atoms with Gasteiger partial charge in [0.2, 0.25) is 0 Å². The Balaban J connectivity index is 1.84. The highest BCUT2D eigenvalue weighted by Gasteiger charge is 2.20. The van der Waals surface area contributed by atoms with Crippen LogP contribution < -0.4 is 11.1 Å². The molecule has 2 atom stereocenters. The molecule has 1 saturated carbocycles. The van der Waals surface area contributed by atoms with E-state index in [1.165, 1.54) is 24.8 Å². The maximum Gasteiger partial charge on any atom is 0.0406 e. The van der Waals surface area contributed by atoms with Crippen LogP contribution in [0.25, 0.3) is 0 Å². The quantitative estimate of drug-likeness (QED) is 0.850. The van der Waals surface area contributed by atoms with E-state index in [0.717, 1.165) is 18.0 Å². The third-order valence-corrected chi connectivity index (χ3v) is 3.55. The standard InChI is InChI=1S/C13H19ClN2/c14-11-7-5-10(6-8-11)9-16-13-4-2-1-3-12(13)15/h5-8,12-13,16H,1-4,9,15H2/t12-,13+/m1/s1. The van der Waals surface area contributed by atoms with E-state index in [9.17, 15) is 0 Å². The first-order valence-corrected chi connectivity index (χ1v) is 6.37.